The molecule has 0 bridgehead atoms. The summed E-state index contributed by atoms with van der Waals surface area (Å²) in [5.74, 6) is -5.81. The van der Waals surface area contributed by atoms with E-state index in [0.29, 0.717) is 6.42 Å². The highest BCUT2D eigenvalue weighted by Crippen LogP contribution is 1.99. The van der Waals surface area contributed by atoms with Crippen molar-refractivity contribution >= 4 is 35.6 Å². The van der Waals surface area contributed by atoms with E-state index in [0.717, 1.165) is 6.92 Å². The number of nitrogens with two attached hydrogens (primary N) is 3. The molecular formula is C16H29N7O8. The summed E-state index contributed by atoms with van der Waals surface area (Å²) in [6, 6.07) is -4.31. The van der Waals surface area contributed by atoms with E-state index in [1.54, 1.807) is 0 Å². The van der Waals surface area contributed by atoms with E-state index in [9.17, 15) is 29.1 Å². The van der Waals surface area contributed by atoms with Crippen LogP contribution in [0.4, 0.5) is 0 Å². The average molecular weight is 447 g/mol. The molecule has 0 saturated carbocycles. The van der Waals surface area contributed by atoms with E-state index in [4.69, 9.17) is 27.4 Å². The number of hydrogen-bond acceptors (Lipinski definition) is 8. The highest BCUT2D eigenvalue weighted by Gasteiger charge is 2.30. The molecule has 0 aliphatic rings. The molecule has 0 aromatic heterocycles. The Morgan fingerprint density at radius 1 is 1.03 bits per heavy atom. The Balaban J connectivity index is 4.75. The Morgan fingerprint density at radius 3 is 2.13 bits per heavy atom. The lowest BCUT2D eigenvalue weighted by molar-refractivity contribution is -0.145. The molecule has 0 heterocycles. The molecule has 12 N–H and O–H groups in total. The van der Waals surface area contributed by atoms with Crippen molar-refractivity contribution in [3.8, 4) is 0 Å². The largest absolute Gasteiger partial charge is 0.481 e. The van der Waals surface area contributed by atoms with E-state index < -0.39 is 66.9 Å². The minimum absolute atomic E-state index is 0.0993. The van der Waals surface area contributed by atoms with Crippen molar-refractivity contribution in [2.75, 3.05) is 13.1 Å². The number of rotatable bonds is 14. The molecule has 0 spiro atoms. The normalized spacial score (nSPS) is 14.3. The lowest BCUT2D eigenvalue weighted by Gasteiger charge is -2.22. The standard InChI is InChI=1S/C16H29N7O8/c1-7(24)12(15(30)31)23-14(29)9(5-11(26)27)22-10(25)6-21-13(28)8(17)3-2-4-20-16(18)19/h7-9,12,24H,2-6,17H2,1H3,(H,21,28)(H,22,25)(H,23,29)(H,26,27)(H,30,31)(H4,18,19,20)/t7?,8-,9-,12-/m0/s1. The maximum absolute atomic E-state index is 12.2. The first kappa shape index (κ1) is 27.5. The zero-order valence-electron chi connectivity index (χ0n) is 16.9. The van der Waals surface area contributed by atoms with Crippen LogP contribution in [-0.2, 0) is 24.0 Å². The van der Waals surface area contributed by atoms with Gasteiger partial charge >= 0.3 is 11.9 Å². The number of carbonyl (C=O) groups is 5. The molecule has 0 aromatic carbocycles. The molecule has 0 aliphatic carbocycles. The number of carboxylic acid groups (broad SMARTS) is 2. The van der Waals surface area contributed by atoms with Crippen molar-refractivity contribution in [1.82, 2.24) is 16.0 Å². The van der Waals surface area contributed by atoms with E-state index in [1.165, 1.54) is 0 Å². The van der Waals surface area contributed by atoms with Crippen LogP contribution in [0.1, 0.15) is 26.2 Å². The molecule has 0 radical (unpaired) electrons. The summed E-state index contributed by atoms with van der Waals surface area (Å²) in [7, 11) is 0. The fourth-order valence-electron chi connectivity index (χ4n) is 2.22. The van der Waals surface area contributed by atoms with Crippen molar-refractivity contribution in [1.29, 1.82) is 0 Å². The zero-order chi connectivity index (χ0) is 24.1. The summed E-state index contributed by atoms with van der Waals surface area (Å²) in [5.41, 5.74) is 16.0. The first-order chi connectivity index (χ1) is 14.3. The molecule has 0 saturated heterocycles. The Hall–Kier alpha value is -3.46. The van der Waals surface area contributed by atoms with Gasteiger partial charge in [0.1, 0.15) is 6.04 Å². The van der Waals surface area contributed by atoms with E-state index >= 15 is 0 Å². The molecule has 0 aliphatic heterocycles. The topological polar surface area (TPSA) is 273 Å². The van der Waals surface area contributed by atoms with Gasteiger partial charge in [0.2, 0.25) is 17.7 Å². The number of aliphatic imine (C=N–C) groups is 1. The van der Waals surface area contributed by atoms with Gasteiger partial charge in [-0.3, -0.25) is 24.2 Å². The van der Waals surface area contributed by atoms with Crippen LogP contribution < -0.4 is 33.2 Å². The van der Waals surface area contributed by atoms with Gasteiger partial charge in [-0.25, -0.2) is 4.79 Å². The number of aliphatic carboxylic acids is 2. The molecule has 3 amide bonds. The number of nitrogens with zero attached hydrogens (tertiary/aromatic N) is 1. The molecule has 176 valence electrons. The van der Waals surface area contributed by atoms with Gasteiger partial charge in [0.25, 0.3) is 0 Å². The van der Waals surface area contributed by atoms with Crippen LogP contribution in [0.2, 0.25) is 0 Å². The smallest absolute Gasteiger partial charge is 0.328 e. The van der Waals surface area contributed by atoms with Gasteiger partial charge in [-0.05, 0) is 19.8 Å². The van der Waals surface area contributed by atoms with Crippen LogP contribution in [-0.4, -0.2) is 88.3 Å². The summed E-state index contributed by atoms with van der Waals surface area (Å²) >= 11 is 0. The number of aliphatic hydroxyl groups is 1. The van der Waals surface area contributed by atoms with Crippen LogP contribution >= 0.6 is 0 Å². The molecule has 31 heavy (non-hydrogen) atoms. The fraction of sp³-hybridized carbons (Fsp3) is 0.625. The van der Waals surface area contributed by atoms with Gasteiger partial charge in [-0.15, -0.1) is 0 Å². The fourth-order valence-corrected chi connectivity index (χ4v) is 2.22. The lowest BCUT2D eigenvalue weighted by atomic mass is 10.1. The van der Waals surface area contributed by atoms with E-state index in [-0.39, 0.29) is 18.9 Å². The summed E-state index contributed by atoms with van der Waals surface area (Å²) in [6.07, 6.45) is -1.70. The number of aliphatic hydroxyl groups excluding tert-OH is 1. The second kappa shape index (κ2) is 13.7. The number of carbonyl (C=O) groups excluding carboxylic acids is 3. The van der Waals surface area contributed by atoms with Crippen molar-refractivity contribution in [2.45, 2.75) is 50.4 Å². The number of hydrogen-bond donors (Lipinski definition) is 9. The Morgan fingerprint density at radius 2 is 1.65 bits per heavy atom. The van der Waals surface area contributed by atoms with Gasteiger partial charge in [-0.2, -0.15) is 0 Å². The van der Waals surface area contributed by atoms with Crippen molar-refractivity contribution in [3.63, 3.8) is 0 Å². The summed E-state index contributed by atoms with van der Waals surface area (Å²) in [6.45, 7) is 0.766. The number of carboxylic acids is 2. The molecule has 0 aromatic rings. The molecule has 0 fully saturated rings. The van der Waals surface area contributed by atoms with Crippen LogP contribution in [0.15, 0.2) is 4.99 Å². The highest BCUT2D eigenvalue weighted by molar-refractivity contribution is 5.94. The Labute approximate surface area is 177 Å². The van der Waals surface area contributed by atoms with Crippen molar-refractivity contribution in [3.05, 3.63) is 0 Å². The highest BCUT2D eigenvalue weighted by atomic mass is 16.4. The molecule has 15 heteroatoms. The molecular weight excluding hydrogens is 418 g/mol. The number of amides is 3. The van der Waals surface area contributed by atoms with Crippen LogP contribution in [0.5, 0.6) is 0 Å². The minimum Gasteiger partial charge on any atom is -0.481 e. The van der Waals surface area contributed by atoms with Crippen molar-refractivity contribution in [2.24, 2.45) is 22.2 Å². The first-order valence-corrected chi connectivity index (χ1v) is 9.16. The average Bonchev–Trinajstić information content (AvgIpc) is 2.65. The maximum atomic E-state index is 12.2. The third-order valence-electron chi connectivity index (χ3n) is 3.80. The van der Waals surface area contributed by atoms with Crippen molar-refractivity contribution < 1.29 is 39.3 Å². The van der Waals surface area contributed by atoms with Gasteiger partial charge in [0.05, 0.1) is 25.1 Å². The third kappa shape index (κ3) is 12.0. The van der Waals surface area contributed by atoms with Crippen LogP contribution in [0, 0.1) is 0 Å². The predicted molar refractivity (Wildman–Crippen MR) is 106 cm³/mol. The Bertz CT molecular complexity index is 693. The molecule has 0 rings (SSSR count). The summed E-state index contributed by atoms with van der Waals surface area (Å²) in [5, 5.41) is 33.6. The minimum atomic E-state index is -1.71. The Kier molecular flexibility index (Phi) is 12.2. The second-order valence-electron chi connectivity index (χ2n) is 6.56. The van der Waals surface area contributed by atoms with Crippen LogP contribution in [0.3, 0.4) is 0 Å². The first-order valence-electron chi connectivity index (χ1n) is 9.16. The third-order valence-corrected chi connectivity index (χ3v) is 3.80. The van der Waals surface area contributed by atoms with Crippen LogP contribution in [0.25, 0.3) is 0 Å². The number of guanidine groups is 1. The predicted octanol–water partition coefficient (Wildman–Crippen LogP) is -4.61. The number of nitrogens with one attached hydrogen (secondary N) is 3. The lowest BCUT2D eigenvalue weighted by Crippen LogP contribution is -2.56. The molecule has 1 unspecified atom stereocenters. The van der Waals surface area contributed by atoms with Gasteiger partial charge < -0.3 is 48.5 Å². The second-order valence-corrected chi connectivity index (χ2v) is 6.56. The van der Waals surface area contributed by atoms with Gasteiger partial charge in [0.15, 0.2) is 12.0 Å². The zero-order valence-corrected chi connectivity index (χ0v) is 16.9. The summed E-state index contributed by atoms with van der Waals surface area (Å²) < 4.78 is 0. The molecule has 15 nitrogen and oxygen atoms in total. The van der Waals surface area contributed by atoms with E-state index in [2.05, 4.69) is 15.6 Å². The monoisotopic (exact) mass is 447 g/mol. The summed E-state index contributed by atoms with van der Waals surface area (Å²) in [4.78, 5) is 61.8. The quantitative estimate of drug-likeness (QED) is 0.0693. The van der Waals surface area contributed by atoms with Gasteiger partial charge in [-0.1, -0.05) is 0 Å². The SMILES string of the molecule is CC(O)[C@H](NC(=O)[C@H](CC(=O)O)NC(=O)CNC(=O)[C@@H](N)CCCN=C(N)N)C(=O)O. The molecule has 4 atom stereocenters. The van der Waals surface area contributed by atoms with E-state index in [1.807, 2.05) is 5.32 Å². The van der Waals surface area contributed by atoms with Gasteiger partial charge in [0, 0.05) is 6.54 Å². The maximum Gasteiger partial charge on any atom is 0.328 e.